The summed E-state index contributed by atoms with van der Waals surface area (Å²) in [6, 6.07) is 10.8. The molecule has 4 unspecified atom stereocenters. The molecule has 8 N–H and O–H groups in total. The fourth-order valence-electron chi connectivity index (χ4n) is 11.2. The first kappa shape index (κ1) is 93.0. The van der Waals surface area contributed by atoms with E-state index >= 15 is 0 Å². The highest BCUT2D eigenvalue weighted by Crippen LogP contribution is 2.34. The van der Waals surface area contributed by atoms with Crippen LogP contribution in [-0.2, 0) is 0 Å². The maximum atomic E-state index is 4.15. The molecule has 0 aromatic heterocycles. The van der Waals surface area contributed by atoms with Crippen LogP contribution < -0.4 is 42.5 Å². The molecular formula is C66H158N8. The Hall–Kier alpha value is -0.320. The van der Waals surface area contributed by atoms with Gasteiger partial charge in [0.15, 0.2) is 0 Å². The van der Waals surface area contributed by atoms with E-state index in [1.807, 2.05) is 222 Å². The molecule has 0 aromatic carbocycles. The van der Waals surface area contributed by atoms with Gasteiger partial charge >= 0.3 is 0 Å². The maximum absolute atomic E-state index is 4.15. The van der Waals surface area contributed by atoms with Gasteiger partial charge in [-0.1, -0.05) is 222 Å². The van der Waals surface area contributed by atoms with E-state index in [1.54, 1.807) is 0 Å². The molecule has 0 amide bonds. The molecule has 8 nitrogen and oxygen atoms in total. The summed E-state index contributed by atoms with van der Waals surface area (Å²) < 4.78 is 0. The van der Waals surface area contributed by atoms with E-state index in [0.717, 1.165) is 0 Å². The molecule has 462 valence electrons. The Labute approximate surface area is 475 Å². The third-order valence-electron chi connectivity index (χ3n) is 13.5. The second-order valence-corrected chi connectivity index (χ2v) is 16.2. The summed E-state index contributed by atoms with van der Waals surface area (Å²) in [4.78, 5) is 0. The molecular weight excluding hydrogens is 905 g/mol. The van der Waals surface area contributed by atoms with Gasteiger partial charge in [0.25, 0.3) is 0 Å². The summed E-state index contributed by atoms with van der Waals surface area (Å²) >= 11 is 0. The standard InChI is InChI=1S/C34H62N8.16C2H6/c1-19-3-5-21(35-19)23-7-9-25(37-23)27-11-13-29(39-27)31-15-17-33(41-31)34-18-16-32(42-34)30-14-12-28(40-30)26-10-8-24(38-26)22-6-4-20(2)36-22;16*1-2/h19-42H,3-18H2,1-2H3;16*1-2H3/t19-,20-,21-,22?,23?,24-,25+,26+,27+,28+,29-,30?,31?,32-,33+,34+;;;;;;;;;;;;;;;;/m1................/s1. The number of hydrogen-bond acceptors (Lipinski definition) is 8. The molecule has 74 heavy (non-hydrogen) atoms. The van der Waals surface area contributed by atoms with Crippen LogP contribution in [0.25, 0.3) is 0 Å². The topological polar surface area (TPSA) is 96.2 Å². The Balaban J connectivity index is -0.000000163. The summed E-state index contributed by atoms with van der Waals surface area (Å²) in [7, 11) is 0. The predicted molar refractivity (Wildman–Crippen MR) is 352 cm³/mol. The minimum Gasteiger partial charge on any atom is -0.310 e. The predicted octanol–water partition coefficient (Wildman–Crippen LogP) is 18.4. The summed E-state index contributed by atoms with van der Waals surface area (Å²) in [6.45, 7) is 68.7. The van der Waals surface area contributed by atoms with Crippen molar-refractivity contribution in [3.05, 3.63) is 0 Å². The average molecular weight is 1060 g/mol. The SMILES string of the molecule is CC.CC.CC.CC.CC.CC.CC.CC.CC.CC.CC.CC.CC.CC.CC.CC.C[C@@H]1CCC([C@H]2CC[C@@H]([C@@H]3CCC([C@H]4CC[C@@H]([C@@H]5CCC([C@H]6CC[C@@H]([C@@H]7CCC([C@H]8CC[C@@H](C)N8)N7)N6)N5)N4)N3)N2)N1. The monoisotopic (exact) mass is 1060 g/mol. The zero-order valence-electron chi connectivity index (χ0n) is 58.6. The Bertz CT molecular complexity index is 853. The van der Waals surface area contributed by atoms with Gasteiger partial charge in [-0.15, -0.1) is 0 Å². The lowest BCUT2D eigenvalue weighted by molar-refractivity contribution is 0.340. The van der Waals surface area contributed by atoms with Gasteiger partial charge in [-0.25, -0.2) is 0 Å². The highest BCUT2D eigenvalue weighted by atomic mass is 15.2. The van der Waals surface area contributed by atoms with Crippen molar-refractivity contribution in [3.8, 4) is 0 Å². The van der Waals surface area contributed by atoms with Crippen LogP contribution in [-0.4, -0.2) is 96.7 Å². The van der Waals surface area contributed by atoms with Crippen molar-refractivity contribution in [2.75, 3.05) is 0 Å². The first-order valence-electron chi connectivity index (χ1n) is 34.6. The summed E-state index contributed by atoms with van der Waals surface area (Å²) in [5.74, 6) is 0. The van der Waals surface area contributed by atoms with E-state index in [4.69, 9.17) is 0 Å². The molecule has 8 aliphatic rings. The summed E-state index contributed by atoms with van der Waals surface area (Å²) in [6.07, 6.45) is 21.5. The lowest BCUT2D eigenvalue weighted by Crippen LogP contribution is -2.55. The van der Waals surface area contributed by atoms with Gasteiger partial charge in [0.2, 0.25) is 0 Å². The molecule has 8 aliphatic heterocycles. The van der Waals surface area contributed by atoms with Gasteiger partial charge in [-0.05, 0) is 117 Å². The minimum absolute atomic E-state index is 0.654. The van der Waals surface area contributed by atoms with Gasteiger partial charge in [0, 0.05) is 96.7 Å². The molecule has 8 rings (SSSR count). The first-order valence-corrected chi connectivity index (χ1v) is 34.6. The zero-order valence-corrected chi connectivity index (χ0v) is 58.6. The molecule has 0 spiro atoms. The smallest absolute Gasteiger partial charge is 0.0225 e. The van der Waals surface area contributed by atoms with Crippen LogP contribution in [0.4, 0.5) is 0 Å². The molecule has 8 fully saturated rings. The van der Waals surface area contributed by atoms with Gasteiger partial charge in [-0.2, -0.15) is 0 Å². The van der Waals surface area contributed by atoms with Crippen molar-refractivity contribution in [1.29, 1.82) is 0 Å². The molecule has 0 saturated carbocycles. The van der Waals surface area contributed by atoms with Crippen molar-refractivity contribution in [3.63, 3.8) is 0 Å². The quantitative estimate of drug-likeness (QED) is 0.128. The fraction of sp³-hybridized carbons (Fsp3) is 1.00. The zero-order chi connectivity index (χ0) is 60.2. The van der Waals surface area contributed by atoms with E-state index < -0.39 is 0 Å². The molecule has 0 radical (unpaired) electrons. The fourth-order valence-corrected chi connectivity index (χ4v) is 11.2. The van der Waals surface area contributed by atoms with Crippen LogP contribution >= 0.6 is 0 Å². The van der Waals surface area contributed by atoms with Crippen molar-refractivity contribution in [2.24, 2.45) is 0 Å². The Morgan fingerprint density at radius 2 is 0.216 bits per heavy atom. The van der Waals surface area contributed by atoms with Crippen molar-refractivity contribution >= 4 is 0 Å². The van der Waals surface area contributed by atoms with Gasteiger partial charge in [-0.3, -0.25) is 0 Å². The Morgan fingerprint density at radius 1 is 0.135 bits per heavy atom. The normalized spacial score (nSPS) is 32.5. The molecule has 0 bridgehead atoms. The molecule has 8 saturated heterocycles. The van der Waals surface area contributed by atoms with Crippen molar-refractivity contribution < 1.29 is 0 Å². The van der Waals surface area contributed by atoms with Crippen LogP contribution in [0.15, 0.2) is 0 Å². The highest BCUT2D eigenvalue weighted by Gasteiger charge is 2.45. The second kappa shape index (κ2) is 72.7. The highest BCUT2D eigenvalue weighted by molar-refractivity contribution is 5.08. The van der Waals surface area contributed by atoms with Crippen LogP contribution in [0.5, 0.6) is 0 Å². The minimum atomic E-state index is 0.654. The van der Waals surface area contributed by atoms with Crippen molar-refractivity contribution in [2.45, 2.75) is 435 Å². The molecule has 8 heterocycles. The van der Waals surface area contributed by atoms with Gasteiger partial charge in [0.05, 0.1) is 0 Å². The third-order valence-corrected chi connectivity index (χ3v) is 13.5. The van der Waals surface area contributed by atoms with E-state index in [2.05, 4.69) is 56.4 Å². The van der Waals surface area contributed by atoms with E-state index in [1.165, 1.54) is 103 Å². The summed E-state index contributed by atoms with van der Waals surface area (Å²) in [5.41, 5.74) is 0. The molecule has 16 atom stereocenters. The Morgan fingerprint density at radius 3 is 0.297 bits per heavy atom. The lowest BCUT2D eigenvalue weighted by Gasteiger charge is -2.28. The van der Waals surface area contributed by atoms with E-state index in [0.29, 0.717) is 96.7 Å². The number of hydrogen-bond donors (Lipinski definition) is 8. The van der Waals surface area contributed by atoms with Crippen molar-refractivity contribution in [1.82, 2.24) is 42.5 Å². The molecule has 0 aromatic rings. The maximum Gasteiger partial charge on any atom is 0.0225 e. The van der Waals surface area contributed by atoms with Crippen LogP contribution in [0.1, 0.15) is 338 Å². The first-order chi connectivity index (χ1) is 36.6. The average Bonchev–Trinajstić information content (AvgIpc) is 4.37. The number of rotatable bonds is 7. The Kier molecular flexibility index (Phi) is 91.4. The third kappa shape index (κ3) is 36.0. The van der Waals surface area contributed by atoms with Gasteiger partial charge in [0.1, 0.15) is 0 Å². The second-order valence-electron chi connectivity index (χ2n) is 16.2. The molecule has 0 aliphatic carbocycles. The summed E-state index contributed by atoms with van der Waals surface area (Å²) in [5, 5.41) is 32.3. The van der Waals surface area contributed by atoms with E-state index in [-0.39, 0.29) is 0 Å². The molecule has 8 heteroatoms. The largest absolute Gasteiger partial charge is 0.310 e. The number of nitrogens with one attached hydrogen (secondary N) is 8. The van der Waals surface area contributed by atoms with Crippen LogP contribution in [0.2, 0.25) is 0 Å². The van der Waals surface area contributed by atoms with Gasteiger partial charge < -0.3 is 42.5 Å². The van der Waals surface area contributed by atoms with E-state index in [9.17, 15) is 0 Å². The van der Waals surface area contributed by atoms with Crippen LogP contribution in [0.3, 0.4) is 0 Å². The lowest BCUT2D eigenvalue weighted by atomic mass is 10.0. The van der Waals surface area contributed by atoms with Crippen LogP contribution in [0, 0.1) is 0 Å².